The van der Waals surface area contributed by atoms with E-state index in [2.05, 4.69) is 35.3 Å². The maximum atomic E-state index is 4.28. The molecule has 0 radical (unpaired) electrons. The highest BCUT2D eigenvalue weighted by Gasteiger charge is 2.15. The van der Waals surface area contributed by atoms with Gasteiger partial charge in [0.2, 0.25) is 0 Å². The fourth-order valence-corrected chi connectivity index (χ4v) is 7.23. The van der Waals surface area contributed by atoms with Crippen LogP contribution in [0, 0.1) is 0 Å². The monoisotopic (exact) mass is 304 g/mol. The van der Waals surface area contributed by atoms with Crippen LogP contribution >= 0.6 is 63.0 Å². The molecule has 0 aromatic heterocycles. The van der Waals surface area contributed by atoms with Crippen LogP contribution in [0.3, 0.4) is 0 Å². The topological polar surface area (TPSA) is 0 Å². The van der Waals surface area contributed by atoms with E-state index < -0.39 is 0 Å². The van der Waals surface area contributed by atoms with Crippen molar-refractivity contribution in [1.29, 1.82) is 0 Å². The molecule has 0 aromatic carbocycles. The maximum absolute atomic E-state index is 4.28. The lowest BCUT2D eigenvalue weighted by atomic mass is 10.1. The van der Waals surface area contributed by atoms with Gasteiger partial charge in [-0.05, 0) is 25.0 Å². The van der Waals surface area contributed by atoms with Gasteiger partial charge >= 0.3 is 0 Å². The number of rotatable bonds is 7. The van der Waals surface area contributed by atoms with Gasteiger partial charge in [0.25, 0.3) is 0 Å². The van der Waals surface area contributed by atoms with Crippen LogP contribution in [-0.2, 0) is 0 Å². The van der Waals surface area contributed by atoms with Crippen molar-refractivity contribution in [3.63, 3.8) is 0 Å². The standard InChI is InChI=1S/C8H17PS5/c10-9(11)12-6-3-1-2-4-8-5-7-13-14-8/h8,10-11H,1-7H2. The average molecular weight is 305 g/mol. The van der Waals surface area contributed by atoms with Crippen molar-refractivity contribution in [1.82, 2.24) is 0 Å². The summed E-state index contributed by atoms with van der Waals surface area (Å²) in [6, 6.07) is 0. The Morgan fingerprint density at radius 1 is 1.29 bits per heavy atom. The quantitative estimate of drug-likeness (QED) is 0.275. The molecule has 14 heavy (non-hydrogen) atoms. The summed E-state index contributed by atoms with van der Waals surface area (Å²) in [5, 5.41) is 0.958. The zero-order chi connectivity index (χ0) is 10.2. The van der Waals surface area contributed by atoms with Crippen LogP contribution in [0.4, 0.5) is 0 Å². The summed E-state index contributed by atoms with van der Waals surface area (Å²) in [7, 11) is 4.15. The lowest BCUT2D eigenvalue weighted by Gasteiger charge is -2.06. The van der Waals surface area contributed by atoms with E-state index in [1.54, 1.807) is 0 Å². The van der Waals surface area contributed by atoms with Gasteiger partial charge in [0.05, 0.1) is 5.53 Å². The Morgan fingerprint density at radius 2 is 2.14 bits per heavy atom. The second kappa shape index (κ2) is 9.23. The Balaban J connectivity index is 1.79. The van der Waals surface area contributed by atoms with Crippen molar-refractivity contribution < 1.29 is 0 Å². The molecular formula is C8H17PS5. The summed E-state index contributed by atoms with van der Waals surface area (Å²) in [6.07, 6.45) is 7.01. The van der Waals surface area contributed by atoms with Gasteiger partial charge in [0.1, 0.15) is 0 Å². The Bertz CT molecular complexity index is 138. The SMILES string of the molecule is SP(S)SCCCCCC1CCSS1. The van der Waals surface area contributed by atoms with E-state index in [1.807, 2.05) is 22.2 Å². The second-order valence-electron chi connectivity index (χ2n) is 3.26. The van der Waals surface area contributed by atoms with E-state index in [1.165, 1.54) is 43.6 Å². The summed E-state index contributed by atoms with van der Waals surface area (Å²) in [4.78, 5) is 0. The zero-order valence-electron chi connectivity index (χ0n) is 8.09. The summed E-state index contributed by atoms with van der Waals surface area (Å²) in [5.74, 6) is 2.61. The molecule has 1 atom stereocenters. The number of thiol groups is 2. The average Bonchev–Trinajstić information content (AvgIpc) is 2.63. The number of unbranched alkanes of at least 4 members (excludes halogenated alkanes) is 2. The van der Waals surface area contributed by atoms with Gasteiger partial charge in [-0.15, -0.1) is 35.9 Å². The molecule has 0 aliphatic carbocycles. The van der Waals surface area contributed by atoms with Crippen molar-refractivity contribution in [2.75, 3.05) is 11.5 Å². The van der Waals surface area contributed by atoms with E-state index in [9.17, 15) is 0 Å². The van der Waals surface area contributed by atoms with Crippen LogP contribution in [0.15, 0.2) is 0 Å². The van der Waals surface area contributed by atoms with Gasteiger partial charge in [-0.3, -0.25) is 0 Å². The van der Waals surface area contributed by atoms with Gasteiger partial charge in [-0.1, -0.05) is 34.4 Å². The third kappa shape index (κ3) is 7.45. The normalized spacial score (nSPS) is 22.1. The highest BCUT2D eigenvalue weighted by molar-refractivity contribution is 9.06. The molecule has 1 fully saturated rings. The molecule has 0 amide bonds. The molecular weight excluding hydrogens is 287 g/mol. The van der Waals surface area contributed by atoms with Gasteiger partial charge in [-0.25, -0.2) is 0 Å². The van der Waals surface area contributed by atoms with Crippen LogP contribution in [-0.4, -0.2) is 16.8 Å². The minimum atomic E-state index is -0.332. The smallest absolute Gasteiger partial charge is 0.0666 e. The van der Waals surface area contributed by atoms with Gasteiger partial charge in [0, 0.05) is 11.0 Å². The Labute approximate surface area is 111 Å². The van der Waals surface area contributed by atoms with Crippen molar-refractivity contribution in [3.05, 3.63) is 0 Å². The molecule has 0 aromatic rings. The highest BCUT2D eigenvalue weighted by Crippen LogP contribution is 2.58. The zero-order valence-corrected chi connectivity index (χ0v) is 13.2. The van der Waals surface area contributed by atoms with Crippen molar-refractivity contribution in [3.8, 4) is 0 Å². The molecule has 1 saturated heterocycles. The summed E-state index contributed by atoms with van der Waals surface area (Å²) >= 11 is 10.5. The lowest BCUT2D eigenvalue weighted by molar-refractivity contribution is 0.645. The van der Waals surface area contributed by atoms with E-state index in [0.717, 1.165) is 5.25 Å². The third-order valence-electron chi connectivity index (χ3n) is 2.10. The largest absolute Gasteiger partial charge is 0.130 e. The molecule has 0 nitrogen and oxygen atoms in total. The first-order valence-corrected chi connectivity index (χ1v) is 12.5. The molecule has 1 unspecified atom stereocenters. The molecule has 84 valence electrons. The number of hydrogen-bond acceptors (Lipinski definition) is 5. The minimum Gasteiger partial charge on any atom is -0.130 e. The van der Waals surface area contributed by atoms with Crippen molar-refractivity contribution in [2.45, 2.75) is 37.4 Å². The predicted octanol–water partition coefficient (Wildman–Crippen LogP) is 5.52. The van der Waals surface area contributed by atoms with Crippen LogP contribution < -0.4 is 0 Å². The van der Waals surface area contributed by atoms with Crippen molar-refractivity contribution in [2.24, 2.45) is 0 Å². The Hall–Kier alpha value is 2.18. The van der Waals surface area contributed by atoms with Crippen molar-refractivity contribution >= 4 is 63.0 Å². The summed E-state index contributed by atoms with van der Waals surface area (Å²) < 4.78 is 0. The second-order valence-corrected chi connectivity index (χ2v) is 14.1. The fourth-order valence-electron chi connectivity index (χ4n) is 1.36. The van der Waals surface area contributed by atoms with Gasteiger partial charge < -0.3 is 0 Å². The first-order chi connectivity index (χ1) is 6.79. The maximum Gasteiger partial charge on any atom is 0.0666 e. The first-order valence-electron chi connectivity index (χ1n) is 4.88. The minimum absolute atomic E-state index is 0.332. The molecule has 0 saturated carbocycles. The van der Waals surface area contributed by atoms with E-state index >= 15 is 0 Å². The third-order valence-corrected chi connectivity index (χ3v) is 9.13. The molecule has 0 N–H and O–H groups in total. The molecule has 1 rings (SSSR count). The highest BCUT2D eigenvalue weighted by atomic mass is 33.3. The summed E-state index contributed by atoms with van der Waals surface area (Å²) in [5.41, 5.74) is -0.332. The van der Waals surface area contributed by atoms with Crippen LogP contribution in [0.25, 0.3) is 0 Å². The molecule has 1 heterocycles. The Morgan fingerprint density at radius 3 is 2.79 bits per heavy atom. The van der Waals surface area contributed by atoms with E-state index in [-0.39, 0.29) is 5.53 Å². The van der Waals surface area contributed by atoms with Crippen LogP contribution in [0.2, 0.25) is 0 Å². The molecule has 0 spiro atoms. The lowest BCUT2D eigenvalue weighted by Crippen LogP contribution is -1.96. The number of hydrogen-bond donors (Lipinski definition) is 2. The molecule has 1 aliphatic rings. The fraction of sp³-hybridized carbons (Fsp3) is 1.00. The molecule has 6 heteroatoms. The van der Waals surface area contributed by atoms with E-state index in [0.29, 0.717) is 0 Å². The predicted molar refractivity (Wildman–Crippen MR) is 84.3 cm³/mol. The summed E-state index contributed by atoms with van der Waals surface area (Å²) in [6.45, 7) is 0. The molecule has 1 aliphatic heterocycles. The van der Waals surface area contributed by atoms with Crippen LogP contribution in [0.1, 0.15) is 32.1 Å². The van der Waals surface area contributed by atoms with Crippen LogP contribution in [0.5, 0.6) is 0 Å². The van der Waals surface area contributed by atoms with Gasteiger partial charge in [0.15, 0.2) is 0 Å². The molecule has 0 bridgehead atoms. The Kier molecular flexibility index (Phi) is 9.39. The first kappa shape index (κ1) is 14.2. The van der Waals surface area contributed by atoms with Gasteiger partial charge in [-0.2, -0.15) is 0 Å². The van der Waals surface area contributed by atoms with E-state index in [4.69, 9.17) is 0 Å².